The van der Waals surface area contributed by atoms with Gasteiger partial charge in [-0.15, -0.1) is 0 Å². The Morgan fingerprint density at radius 2 is 2.00 bits per heavy atom. The minimum Gasteiger partial charge on any atom is -0.464 e. The Balaban J connectivity index is 2.30. The zero-order valence-electron chi connectivity index (χ0n) is 14.7. The molecule has 0 saturated heterocycles. The van der Waals surface area contributed by atoms with E-state index in [1.54, 1.807) is 6.92 Å². The van der Waals surface area contributed by atoms with E-state index in [0.717, 1.165) is 30.4 Å². The van der Waals surface area contributed by atoms with Crippen molar-refractivity contribution in [2.75, 3.05) is 6.61 Å². The fraction of sp³-hybridized carbons (Fsp3) is 0.429. The van der Waals surface area contributed by atoms with Gasteiger partial charge in [-0.05, 0) is 43.2 Å². The Bertz CT molecular complexity index is 844. The molecule has 3 rings (SSSR count). The average Bonchev–Trinajstić information content (AvgIpc) is 2.68. The molecule has 2 aliphatic rings. The smallest absolute Gasteiger partial charge is 0.335 e. The van der Waals surface area contributed by atoms with Crippen molar-refractivity contribution in [2.45, 2.75) is 38.5 Å². The number of allylic oxidation sites excluding steroid dienone is 2. The largest absolute Gasteiger partial charge is 0.464 e. The van der Waals surface area contributed by atoms with Gasteiger partial charge < -0.3 is 4.74 Å². The average molecular weight is 348 g/mol. The molecule has 1 fully saturated rings. The van der Waals surface area contributed by atoms with Gasteiger partial charge >= 0.3 is 5.97 Å². The quantitative estimate of drug-likeness (QED) is 0.616. The Labute approximate surface area is 152 Å². The minimum absolute atomic E-state index is 0.0171. The third-order valence-electron chi connectivity index (χ3n) is 5.48. The number of hydrogen-bond donors (Lipinski definition) is 0. The number of carbonyl (C=O) groups excluding carboxylic acids is 2. The second-order valence-electron chi connectivity index (χ2n) is 6.72. The number of esters is 1. The van der Waals surface area contributed by atoms with Crippen molar-refractivity contribution < 1.29 is 14.3 Å². The standard InChI is InChI=1S/C21H20N2O3/c1-2-26-20(25)21(13-23)18(14-8-4-3-5-9-14)16-11-7-6-10-15(16)17(12-22)19(21)24/h3-5,8-9,16,18H,2,6-7,10-11H2,1H3/t16-,18+,21-/m1/s1. The summed E-state index contributed by atoms with van der Waals surface area (Å²) in [5, 5.41) is 19.6. The third kappa shape index (κ3) is 2.52. The van der Waals surface area contributed by atoms with Crippen LogP contribution in [0.4, 0.5) is 0 Å². The number of ketones is 1. The van der Waals surface area contributed by atoms with Crippen molar-refractivity contribution in [3.05, 3.63) is 47.0 Å². The summed E-state index contributed by atoms with van der Waals surface area (Å²) >= 11 is 0. The van der Waals surface area contributed by atoms with Crippen LogP contribution < -0.4 is 0 Å². The molecule has 5 heteroatoms. The summed E-state index contributed by atoms with van der Waals surface area (Å²) in [5.41, 5.74) is -0.463. The number of Topliss-reactive ketones (excluding diaryl/α,β-unsaturated/α-hetero) is 1. The summed E-state index contributed by atoms with van der Waals surface area (Å²) in [5.74, 6) is -2.36. The SMILES string of the molecule is CCOC(=O)[C@@]1(C#N)C(=O)C(C#N)=C2CCCC[C@H]2[C@@H]1c1ccccc1. The number of rotatable bonds is 3. The summed E-state index contributed by atoms with van der Waals surface area (Å²) < 4.78 is 5.16. The predicted octanol–water partition coefficient (Wildman–Crippen LogP) is 3.44. The lowest BCUT2D eigenvalue weighted by Gasteiger charge is -2.44. The van der Waals surface area contributed by atoms with Crippen LogP contribution >= 0.6 is 0 Å². The minimum atomic E-state index is -2.01. The van der Waals surface area contributed by atoms with Crippen LogP contribution in [0.15, 0.2) is 41.5 Å². The van der Waals surface area contributed by atoms with Crippen LogP contribution in [0.3, 0.4) is 0 Å². The molecule has 1 saturated carbocycles. The van der Waals surface area contributed by atoms with Gasteiger partial charge in [-0.3, -0.25) is 4.79 Å². The van der Waals surface area contributed by atoms with Gasteiger partial charge in [-0.1, -0.05) is 36.8 Å². The zero-order valence-corrected chi connectivity index (χ0v) is 14.7. The number of benzene rings is 1. The number of fused-ring (bicyclic) bond motifs is 1. The zero-order chi connectivity index (χ0) is 18.7. The van der Waals surface area contributed by atoms with E-state index in [9.17, 15) is 20.1 Å². The monoisotopic (exact) mass is 348 g/mol. The van der Waals surface area contributed by atoms with E-state index in [4.69, 9.17) is 4.74 Å². The molecule has 0 aromatic heterocycles. The number of hydrogen-bond acceptors (Lipinski definition) is 5. The first-order chi connectivity index (χ1) is 12.6. The van der Waals surface area contributed by atoms with E-state index in [-0.39, 0.29) is 18.1 Å². The van der Waals surface area contributed by atoms with Crippen molar-refractivity contribution in [1.82, 2.24) is 0 Å². The highest BCUT2D eigenvalue weighted by molar-refractivity contribution is 6.18. The molecule has 0 radical (unpaired) electrons. The molecule has 0 bridgehead atoms. The molecule has 3 atom stereocenters. The molecular formula is C21H20N2O3. The Kier molecular flexibility index (Phi) is 4.91. The molecule has 0 aliphatic heterocycles. The van der Waals surface area contributed by atoms with Gasteiger partial charge in [0.2, 0.25) is 11.2 Å². The fourth-order valence-electron chi connectivity index (χ4n) is 4.40. The fourth-order valence-corrected chi connectivity index (χ4v) is 4.40. The molecule has 0 heterocycles. The van der Waals surface area contributed by atoms with Crippen LogP contribution in [0.5, 0.6) is 0 Å². The van der Waals surface area contributed by atoms with E-state index in [2.05, 4.69) is 0 Å². The first kappa shape index (κ1) is 17.9. The summed E-state index contributed by atoms with van der Waals surface area (Å²) in [6.07, 6.45) is 3.25. The highest BCUT2D eigenvalue weighted by Crippen LogP contribution is 2.55. The second kappa shape index (κ2) is 7.14. The summed E-state index contributed by atoms with van der Waals surface area (Å²) in [6.45, 7) is 1.71. The third-order valence-corrected chi connectivity index (χ3v) is 5.48. The Morgan fingerprint density at radius 3 is 2.62 bits per heavy atom. The number of nitriles is 2. The van der Waals surface area contributed by atoms with Gasteiger partial charge in [0.1, 0.15) is 6.07 Å². The summed E-state index contributed by atoms with van der Waals surface area (Å²) in [7, 11) is 0. The maximum absolute atomic E-state index is 13.3. The van der Waals surface area contributed by atoms with Crippen molar-refractivity contribution in [1.29, 1.82) is 10.5 Å². The lowest BCUT2D eigenvalue weighted by atomic mass is 9.55. The van der Waals surface area contributed by atoms with Crippen LogP contribution in [-0.4, -0.2) is 18.4 Å². The molecular weight excluding hydrogens is 328 g/mol. The number of carbonyl (C=O) groups is 2. The summed E-state index contributed by atoms with van der Waals surface area (Å²) in [4.78, 5) is 26.1. The molecule has 0 amide bonds. The second-order valence-corrected chi connectivity index (χ2v) is 6.72. The van der Waals surface area contributed by atoms with Crippen LogP contribution in [0.2, 0.25) is 0 Å². The molecule has 5 nitrogen and oxygen atoms in total. The van der Waals surface area contributed by atoms with E-state index in [0.29, 0.717) is 6.42 Å². The van der Waals surface area contributed by atoms with Crippen LogP contribution in [0, 0.1) is 34.0 Å². The molecule has 26 heavy (non-hydrogen) atoms. The van der Waals surface area contributed by atoms with E-state index < -0.39 is 23.1 Å². The van der Waals surface area contributed by atoms with Crippen molar-refractivity contribution >= 4 is 11.8 Å². The van der Waals surface area contributed by atoms with Crippen LogP contribution in [0.25, 0.3) is 0 Å². The molecule has 1 aromatic carbocycles. The Hall–Kier alpha value is -2.92. The lowest BCUT2D eigenvalue weighted by molar-refractivity contribution is -0.158. The van der Waals surface area contributed by atoms with Crippen LogP contribution in [0.1, 0.15) is 44.1 Å². The van der Waals surface area contributed by atoms with Crippen LogP contribution in [-0.2, 0) is 14.3 Å². The van der Waals surface area contributed by atoms with Gasteiger partial charge in [0.15, 0.2) is 0 Å². The first-order valence-electron chi connectivity index (χ1n) is 8.93. The molecule has 132 valence electrons. The van der Waals surface area contributed by atoms with Gasteiger partial charge in [-0.25, -0.2) is 4.79 Å². The van der Waals surface area contributed by atoms with E-state index in [1.807, 2.05) is 42.5 Å². The highest BCUT2D eigenvalue weighted by atomic mass is 16.5. The normalized spacial score (nSPS) is 27.9. The summed E-state index contributed by atoms with van der Waals surface area (Å²) in [6, 6.07) is 13.2. The Morgan fingerprint density at radius 1 is 1.27 bits per heavy atom. The van der Waals surface area contributed by atoms with Gasteiger partial charge in [0, 0.05) is 5.92 Å². The maximum Gasteiger partial charge on any atom is 0.335 e. The molecule has 0 unspecified atom stereocenters. The van der Waals surface area contributed by atoms with Crippen molar-refractivity contribution in [3.8, 4) is 12.1 Å². The van der Waals surface area contributed by atoms with E-state index in [1.165, 1.54) is 0 Å². The number of nitrogens with zero attached hydrogens (tertiary/aromatic N) is 2. The van der Waals surface area contributed by atoms with Gasteiger partial charge in [-0.2, -0.15) is 10.5 Å². The molecule has 1 aromatic rings. The molecule has 2 aliphatic carbocycles. The predicted molar refractivity (Wildman–Crippen MR) is 93.5 cm³/mol. The van der Waals surface area contributed by atoms with Crippen molar-refractivity contribution in [2.24, 2.45) is 11.3 Å². The molecule has 0 spiro atoms. The highest BCUT2D eigenvalue weighted by Gasteiger charge is 2.61. The first-order valence-corrected chi connectivity index (χ1v) is 8.93. The van der Waals surface area contributed by atoms with Crippen molar-refractivity contribution in [3.63, 3.8) is 0 Å². The topological polar surface area (TPSA) is 90.9 Å². The van der Waals surface area contributed by atoms with Gasteiger partial charge in [0.05, 0.1) is 18.2 Å². The van der Waals surface area contributed by atoms with E-state index >= 15 is 0 Å². The molecule has 0 N–H and O–H groups in total. The lowest BCUT2D eigenvalue weighted by Crippen LogP contribution is -2.51. The van der Waals surface area contributed by atoms with Gasteiger partial charge in [0.25, 0.3) is 0 Å². The number of ether oxygens (including phenoxy) is 1. The maximum atomic E-state index is 13.3.